The first-order chi connectivity index (χ1) is 12.8. The Morgan fingerprint density at radius 1 is 1.21 bits per heavy atom. The average Bonchev–Trinajstić information content (AvgIpc) is 3.09. The van der Waals surface area contributed by atoms with Crippen molar-refractivity contribution in [2.75, 3.05) is 20.1 Å². The zero-order chi connectivity index (χ0) is 19.6. The van der Waals surface area contributed by atoms with Crippen LogP contribution in [0.5, 0.6) is 0 Å². The van der Waals surface area contributed by atoms with Crippen molar-refractivity contribution in [3.8, 4) is 11.5 Å². The molecule has 1 N–H and O–H groups in total. The molecule has 1 aromatic heterocycles. The van der Waals surface area contributed by atoms with E-state index < -0.39 is 10.0 Å². The summed E-state index contributed by atoms with van der Waals surface area (Å²) in [6.07, 6.45) is 0.402. The Balaban J connectivity index is 0.00000280. The minimum absolute atomic E-state index is 0. The van der Waals surface area contributed by atoms with E-state index in [0.717, 1.165) is 0 Å². The van der Waals surface area contributed by atoms with Gasteiger partial charge in [-0.1, -0.05) is 5.16 Å². The SMILES string of the molecule is CNC(C)Cc1noc(-c2ccc(S(=O)(=O)N3CC(C)OC(C)C3)cc2)n1.Cl. The highest BCUT2D eigenvalue weighted by Gasteiger charge is 2.32. The number of aromatic nitrogens is 2. The van der Waals surface area contributed by atoms with Gasteiger partial charge in [0.2, 0.25) is 10.0 Å². The van der Waals surface area contributed by atoms with Gasteiger partial charge in [0.05, 0.1) is 17.1 Å². The maximum atomic E-state index is 12.9. The number of hydrogen-bond donors (Lipinski definition) is 1. The molecule has 28 heavy (non-hydrogen) atoms. The van der Waals surface area contributed by atoms with Crippen LogP contribution in [0.15, 0.2) is 33.7 Å². The quantitative estimate of drug-likeness (QED) is 0.749. The largest absolute Gasteiger partial charge is 0.373 e. The number of nitrogens with one attached hydrogen (secondary N) is 1. The van der Waals surface area contributed by atoms with Gasteiger partial charge < -0.3 is 14.6 Å². The molecule has 0 amide bonds. The summed E-state index contributed by atoms with van der Waals surface area (Å²) in [6.45, 7) is 6.49. The zero-order valence-corrected chi connectivity index (χ0v) is 18.1. The second-order valence-corrected chi connectivity index (χ2v) is 8.95. The van der Waals surface area contributed by atoms with Crippen LogP contribution in [0, 0.1) is 0 Å². The number of nitrogens with zero attached hydrogens (tertiary/aromatic N) is 3. The Morgan fingerprint density at radius 2 is 1.82 bits per heavy atom. The molecule has 0 aliphatic carbocycles. The van der Waals surface area contributed by atoms with Gasteiger partial charge in [-0.3, -0.25) is 0 Å². The van der Waals surface area contributed by atoms with E-state index in [1.807, 2.05) is 27.8 Å². The Morgan fingerprint density at radius 3 is 2.39 bits per heavy atom. The molecule has 3 atom stereocenters. The van der Waals surface area contributed by atoms with Crippen molar-refractivity contribution in [2.45, 2.75) is 50.3 Å². The molecule has 3 rings (SSSR count). The lowest BCUT2D eigenvalue weighted by Crippen LogP contribution is -2.48. The third-order valence-corrected chi connectivity index (χ3v) is 6.42. The van der Waals surface area contributed by atoms with Gasteiger partial charge in [-0.05, 0) is 52.1 Å². The predicted molar refractivity (Wildman–Crippen MR) is 108 cm³/mol. The van der Waals surface area contributed by atoms with E-state index in [0.29, 0.717) is 36.8 Å². The average molecular weight is 431 g/mol. The van der Waals surface area contributed by atoms with Crippen molar-refractivity contribution in [3.63, 3.8) is 0 Å². The second kappa shape index (κ2) is 9.32. The van der Waals surface area contributed by atoms with Crippen molar-refractivity contribution in [2.24, 2.45) is 0 Å². The number of halogens is 1. The van der Waals surface area contributed by atoms with Crippen LogP contribution >= 0.6 is 12.4 Å². The van der Waals surface area contributed by atoms with Gasteiger partial charge in [0, 0.05) is 31.1 Å². The van der Waals surface area contributed by atoms with E-state index in [2.05, 4.69) is 15.5 Å². The summed E-state index contributed by atoms with van der Waals surface area (Å²) in [4.78, 5) is 4.62. The first-order valence-electron chi connectivity index (χ1n) is 9.05. The molecule has 1 aliphatic rings. The topological polar surface area (TPSA) is 97.6 Å². The number of morpholine rings is 1. The Hall–Kier alpha value is -1.52. The number of likely N-dealkylation sites (N-methyl/N-ethyl adjacent to an activating group) is 1. The van der Waals surface area contributed by atoms with Crippen molar-refractivity contribution in [1.82, 2.24) is 19.8 Å². The monoisotopic (exact) mass is 430 g/mol. The molecule has 1 saturated heterocycles. The fourth-order valence-corrected chi connectivity index (χ4v) is 4.67. The molecule has 1 aromatic carbocycles. The zero-order valence-electron chi connectivity index (χ0n) is 16.5. The van der Waals surface area contributed by atoms with E-state index in [1.54, 1.807) is 24.3 Å². The molecule has 0 spiro atoms. The van der Waals surface area contributed by atoms with Gasteiger partial charge in [-0.2, -0.15) is 9.29 Å². The first kappa shape index (κ1) is 22.8. The maximum absolute atomic E-state index is 12.9. The third kappa shape index (κ3) is 5.09. The molecule has 0 saturated carbocycles. The standard InChI is InChI=1S/C18H26N4O4S.ClH/c1-12(19-4)9-17-20-18(26-21-17)15-5-7-16(8-6-15)27(23,24)22-10-13(2)25-14(3)11-22;/h5-8,12-14,19H,9-11H2,1-4H3;1H. The Bertz CT molecular complexity index is 862. The van der Waals surface area contributed by atoms with Crippen molar-refractivity contribution < 1.29 is 17.7 Å². The lowest BCUT2D eigenvalue weighted by Gasteiger charge is -2.34. The van der Waals surface area contributed by atoms with E-state index in [4.69, 9.17) is 9.26 Å². The molecule has 0 bridgehead atoms. The number of hydrogen-bond acceptors (Lipinski definition) is 7. The number of ether oxygens (including phenoxy) is 1. The van der Waals surface area contributed by atoms with E-state index in [1.165, 1.54) is 4.31 Å². The molecule has 156 valence electrons. The van der Waals surface area contributed by atoms with Crippen LogP contribution in [-0.2, 0) is 21.2 Å². The minimum atomic E-state index is -3.56. The molecular weight excluding hydrogens is 404 g/mol. The van der Waals surface area contributed by atoms with Crippen LogP contribution in [0.2, 0.25) is 0 Å². The normalized spacial score (nSPS) is 21.9. The molecular formula is C18H27ClN4O4S. The third-order valence-electron chi connectivity index (χ3n) is 4.57. The molecule has 0 radical (unpaired) electrons. The van der Waals surface area contributed by atoms with Crippen LogP contribution in [-0.4, -0.2) is 61.3 Å². The number of sulfonamides is 1. The van der Waals surface area contributed by atoms with Crippen LogP contribution in [0.25, 0.3) is 11.5 Å². The fraction of sp³-hybridized carbons (Fsp3) is 0.556. The van der Waals surface area contributed by atoms with Crippen LogP contribution in [0.4, 0.5) is 0 Å². The summed E-state index contributed by atoms with van der Waals surface area (Å²) in [5.41, 5.74) is 0.688. The smallest absolute Gasteiger partial charge is 0.257 e. The van der Waals surface area contributed by atoms with E-state index in [9.17, 15) is 8.42 Å². The molecule has 1 aliphatic heterocycles. The van der Waals surface area contributed by atoms with Gasteiger partial charge in [-0.15, -0.1) is 12.4 Å². The van der Waals surface area contributed by atoms with E-state index in [-0.39, 0.29) is 35.6 Å². The molecule has 1 fully saturated rings. The highest BCUT2D eigenvalue weighted by molar-refractivity contribution is 7.89. The summed E-state index contributed by atoms with van der Waals surface area (Å²) in [5.74, 6) is 0.991. The summed E-state index contributed by atoms with van der Waals surface area (Å²) in [6, 6.07) is 6.78. The molecule has 2 heterocycles. The van der Waals surface area contributed by atoms with E-state index >= 15 is 0 Å². The van der Waals surface area contributed by atoms with Crippen LogP contribution < -0.4 is 5.32 Å². The molecule has 8 nitrogen and oxygen atoms in total. The van der Waals surface area contributed by atoms with Gasteiger partial charge in [0.15, 0.2) is 5.82 Å². The summed E-state index contributed by atoms with van der Waals surface area (Å²) in [7, 11) is -1.69. The molecule has 3 unspecified atom stereocenters. The van der Waals surface area contributed by atoms with Crippen LogP contribution in [0.1, 0.15) is 26.6 Å². The van der Waals surface area contributed by atoms with Gasteiger partial charge in [-0.25, -0.2) is 8.42 Å². The highest BCUT2D eigenvalue weighted by Crippen LogP contribution is 2.24. The first-order valence-corrected chi connectivity index (χ1v) is 10.5. The molecule has 10 heteroatoms. The van der Waals surface area contributed by atoms with Crippen molar-refractivity contribution in [3.05, 3.63) is 30.1 Å². The van der Waals surface area contributed by atoms with Crippen LogP contribution in [0.3, 0.4) is 0 Å². The predicted octanol–water partition coefficient (Wildman–Crippen LogP) is 2.11. The number of benzene rings is 1. The summed E-state index contributed by atoms with van der Waals surface area (Å²) in [5, 5.41) is 7.10. The minimum Gasteiger partial charge on any atom is -0.373 e. The van der Waals surface area contributed by atoms with Crippen molar-refractivity contribution >= 4 is 22.4 Å². The lowest BCUT2D eigenvalue weighted by molar-refractivity contribution is -0.0440. The number of rotatable bonds is 6. The maximum Gasteiger partial charge on any atom is 0.257 e. The van der Waals surface area contributed by atoms with Gasteiger partial charge in [0.25, 0.3) is 5.89 Å². The van der Waals surface area contributed by atoms with Gasteiger partial charge in [0.1, 0.15) is 0 Å². The Kier molecular flexibility index (Phi) is 7.58. The van der Waals surface area contributed by atoms with Crippen molar-refractivity contribution in [1.29, 1.82) is 0 Å². The second-order valence-electron chi connectivity index (χ2n) is 7.01. The molecule has 2 aromatic rings. The highest BCUT2D eigenvalue weighted by atomic mass is 35.5. The fourth-order valence-electron chi connectivity index (χ4n) is 3.08. The van der Waals surface area contributed by atoms with Gasteiger partial charge >= 0.3 is 0 Å². The summed E-state index contributed by atoms with van der Waals surface area (Å²) >= 11 is 0. The summed E-state index contributed by atoms with van der Waals surface area (Å²) < 4.78 is 38.2. The lowest BCUT2D eigenvalue weighted by atomic mass is 10.2. The Labute approximate surface area is 172 Å².